The number of carbonyl (C=O) groups excluding carboxylic acids is 2. The number of hydrogen-bond acceptors (Lipinski definition) is 5. The van der Waals surface area contributed by atoms with E-state index in [9.17, 15) is 9.59 Å². The van der Waals surface area contributed by atoms with E-state index in [0.717, 1.165) is 63.9 Å². The quantitative estimate of drug-likeness (QED) is 0.842. The van der Waals surface area contributed by atoms with Gasteiger partial charge < -0.3 is 14.7 Å². The Morgan fingerprint density at radius 2 is 1.82 bits per heavy atom. The molecule has 1 aliphatic carbocycles. The lowest BCUT2D eigenvalue weighted by molar-refractivity contribution is -0.122. The van der Waals surface area contributed by atoms with Gasteiger partial charge in [-0.1, -0.05) is 11.6 Å². The number of nitrogens with one attached hydrogen (secondary N) is 1. The molecule has 1 N–H and O–H groups in total. The second-order valence-electron chi connectivity index (χ2n) is 8.48. The van der Waals surface area contributed by atoms with Crippen LogP contribution < -0.4 is 5.32 Å². The van der Waals surface area contributed by atoms with E-state index in [1.807, 2.05) is 11.0 Å². The summed E-state index contributed by atoms with van der Waals surface area (Å²) in [6, 6.07) is 2.18. The van der Waals surface area contributed by atoms with Gasteiger partial charge in [-0.3, -0.25) is 14.5 Å². The summed E-state index contributed by atoms with van der Waals surface area (Å²) in [6.07, 6.45) is 9.07. The summed E-state index contributed by atoms with van der Waals surface area (Å²) in [7, 11) is 0. The van der Waals surface area contributed by atoms with Crippen LogP contribution in [0.2, 0.25) is 0 Å². The smallest absolute Gasteiger partial charge is 0.292 e. The van der Waals surface area contributed by atoms with Crippen molar-refractivity contribution in [2.75, 3.05) is 32.7 Å². The van der Waals surface area contributed by atoms with E-state index in [4.69, 9.17) is 4.52 Å². The van der Waals surface area contributed by atoms with E-state index in [0.29, 0.717) is 37.2 Å². The minimum Gasteiger partial charge on any atom is -0.356 e. The van der Waals surface area contributed by atoms with Gasteiger partial charge >= 0.3 is 0 Å². The minimum atomic E-state index is -0.0477. The molecule has 2 amide bonds. The van der Waals surface area contributed by atoms with Crippen LogP contribution in [-0.2, 0) is 4.79 Å². The van der Waals surface area contributed by atoms with Crippen LogP contribution in [0, 0.1) is 0 Å². The van der Waals surface area contributed by atoms with Crippen LogP contribution in [0.5, 0.6) is 0 Å². The molecule has 3 aliphatic rings. The second kappa shape index (κ2) is 9.07. The van der Waals surface area contributed by atoms with Crippen molar-refractivity contribution in [1.29, 1.82) is 0 Å². The molecule has 2 aliphatic heterocycles. The fourth-order valence-corrected chi connectivity index (χ4v) is 4.42. The fraction of sp³-hybridized carbons (Fsp3) is 0.762. The molecule has 1 saturated carbocycles. The first-order valence-corrected chi connectivity index (χ1v) is 11.0. The SMILES string of the molecule is O=C1CC2CCCCN2CCCN(C(=O)c2cc(C3CC3)no2)CCCCN1. The third kappa shape index (κ3) is 4.93. The van der Waals surface area contributed by atoms with Crippen LogP contribution in [0.4, 0.5) is 0 Å². The van der Waals surface area contributed by atoms with Gasteiger partial charge in [-0.15, -0.1) is 0 Å². The van der Waals surface area contributed by atoms with Crippen LogP contribution in [0.15, 0.2) is 10.6 Å². The van der Waals surface area contributed by atoms with E-state index >= 15 is 0 Å². The molecule has 1 atom stereocenters. The Kier molecular flexibility index (Phi) is 6.29. The van der Waals surface area contributed by atoms with Gasteiger partial charge in [0, 0.05) is 50.6 Å². The van der Waals surface area contributed by atoms with E-state index in [2.05, 4.69) is 15.4 Å². The molecule has 3 fully saturated rings. The van der Waals surface area contributed by atoms with Gasteiger partial charge in [0.1, 0.15) is 0 Å². The lowest BCUT2D eigenvalue weighted by Crippen LogP contribution is -2.44. The molecule has 7 heteroatoms. The van der Waals surface area contributed by atoms with Gasteiger partial charge in [0.25, 0.3) is 5.91 Å². The number of carbonyl (C=O) groups is 2. The van der Waals surface area contributed by atoms with E-state index in [-0.39, 0.29) is 11.8 Å². The highest BCUT2D eigenvalue weighted by atomic mass is 16.5. The molecule has 1 aromatic heterocycles. The van der Waals surface area contributed by atoms with Crippen LogP contribution in [0.25, 0.3) is 0 Å². The highest BCUT2D eigenvalue weighted by Crippen LogP contribution is 2.39. The predicted octanol–water partition coefficient (Wildman–Crippen LogP) is 2.54. The van der Waals surface area contributed by atoms with Crippen molar-refractivity contribution in [3.8, 4) is 0 Å². The fourth-order valence-electron chi connectivity index (χ4n) is 4.42. The molecule has 28 heavy (non-hydrogen) atoms. The molecular weight excluding hydrogens is 356 g/mol. The topological polar surface area (TPSA) is 78.7 Å². The zero-order valence-corrected chi connectivity index (χ0v) is 16.7. The van der Waals surface area contributed by atoms with Gasteiger partial charge in [-0.05, 0) is 51.5 Å². The second-order valence-corrected chi connectivity index (χ2v) is 8.48. The molecule has 2 saturated heterocycles. The van der Waals surface area contributed by atoms with Crippen molar-refractivity contribution in [3.05, 3.63) is 17.5 Å². The van der Waals surface area contributed by atoms with E-state index < -0.39 is 0 Å². The van der Waals surface area contributed by atoms with Gasteiger partial charge in [0.2, 0.25) is 11.7 Å². The number of hydrogen-bond donors (Lipinski definition) is 1. The zero-order chi connectivity index (χ0) is 19.3. The molecule has 0 aromatic carbocycles. The lowest BCUT2D eigenvalue weighted by atomic mass is 9.98. The van der Waals surface area contributed by atoms with Crippen molar-refractivity contribution < 1.29 is 14.1 Å². The Morgan fingerprint density at radius 1 is 1.04 bits per heavy atom. The Balaban J connectivity index is 1.40. The summed E-state index contributed by atoms with van der Waals surface area (Å²) in [5.41, 5.74) is 0.924. The van der Waals surface area contributed by atoms with E-state index in [1.165, 1.54) is 12.8 Å². The van der Waals surface area contributed by atoms with Crippen LogP contribution in [0.1, 0.15) is 80.0 Å². The molecule has 1 unspecified atom stereocenters. The first-order valence-electron chi connectivity index (χ1n) is 11.0. The average Bonchev–Trinajstić information content (AvgIpc) is 3.43. The molecule has 154 valence electrons. The molecule has 0 radical (unpaired) electrons. The highest BCUT2D eigenvalue weighted by molar-refractivity contribution is 5.91. The number of rotatable bonds is 2. The Bertz CT molecular complexity index is 685. The first kappa shape index (κ1) is 19.4. The Labute approximate surface area is 166 Å². The maximum atomic E-state index is 13.0. The zero-order valence-electron chi connectivity index (χ0n) is 16.7. The highest BCUT2D eigenvalue weighted by Gasteiger charge is 2.30. The molecule has 4 rings (SSSR count). The minimum absolute atomic E-state index is 0.0477. The molecule has 3 heterocycles. The number of amides is 2. The van der Waals surface area contributed by atoms with Crippen molar-refractivity contribution in [2.24, 2.45) is 0 Å². The summed E-state index contributed by atoms with van der Waals surface area (Å²) < 4.78 is 5.36. The number of piperidine rings is 1. The summed E-state index contributed by atoms with van der Waals surface area (Å²) >= 11 is 0. The third-order valence-corrected chi connectivity index (χ3v) is 6.24. The monoisotopic (exact) mass is 388 g/mol. The molecule has 7 nitrogen and oxygen atoms in total. The largest absolute Gasteiger partial charge is 0.356 e. The van der Waals surface area contributed by atoms with Gasteiger partial charge in [-0.25, -0.2) is 0 Å². The van der Waals surface area contributed by atoms with Crippen molar-refractivity contribution in [1.82, 2.24) is 20.3 Å². The number of fused-ring (bicyclic) bond motifs is 1. The summed E-state index contributed by atoms with van der Waals surface area (Å²) in [6.45, 7) is 4.09. The Hall–Kier alpha value is -1.89. The van der Waals surface area contributed by atoms with Crippen molar-refractivity contribution in [3.63, 3.8) is 0 Å². The van der Waals surface area contributed by atoms with Gasteiger partial charge in [0.05, 0.1) is 5.69 Å². The Morgan fingerprint density at radius 3 is 2.68 bits per heavy atom. The summed E-state index contributed by atoms with van der Waals surface area (Å²) in [5, 5.41) is 7.15. The van der Waals surface area contributed by atoms with Crippen molar-refractivity contribution in [2.45, 2.75) is 69.7 Å². The number of nitrogens with zero attached hydrogens (tertiary/aromatic N) is 3. The molecule has 1 aromatic rings. The van der Waals surface area contributed by atoms with Crippen molar-refractivity contribution >= 4 is 11.8 Å². The maximum absolute atomic E-state index is 13.0. The first-order chi connectivity index (χ1) is 13.7. The normalized spacial score (nSPS) is 25.8. The van der Waals surface area contributed by atoms with Crippen LogP contribution in [0.3, 0.4) is 0 Å². The number of aromatic nitrogens is 1. The van der Waals surface area contributed by atoms with Gasteiger partial charge in [-0.2, -0.15) is 0 Å². The van der Waals surface area contributed by atoms with Crippen LogP contribution >= 0.6 is 0 Å². The standard InChI is InChI=1S/C21H32N4O3/c26-20-14-17-6-1-3-10-24(17)12-5-13-25(11-4-2-9-22-20)21(27)19-15-18(23-28-19)16-7-8-16/h15-17H,1-14H2,(H,22,26). The molecule has 0 spiro atoms. The molecule has 0 bridgehead atoms. The van der Waals surface area contributed by atoms with Crippen LogP contribution in [-0.4, -0.2) is 65.5 Å². The van der Waals surface area contributed by atoms with E-state index in [1.54, 1.807) is 0 Å². The molecular formula is C21H32N4O3. The summed E-state index contributed by atoms with van der Waals surface area (Å²) in [5.74, 6) is 0.974. The van der Waals surface area contributed by atoms with Gasteiger partial charge in [0.15, 0.2) is 0 Å². The lowest BCUT2D eigenvalue weighted by Gasteiger charge is -2.35. The third-order valence-electron chi connectivity index (χ3n) is 6.24. The average molecular weight is 389 g/mol. The summed E-state index contributed by atoms with van der Waals surface area (Å²) in [4.78, 5) is 29.6. The predicted molar refractivity (Wildman–Crippen MR) is 105 cm³/mol. The maximum Gasteiger partial charge on any atom is 0.292 e.